The lowest BCUT2D eigenvalue weighted by atomic mass is 9.96. The first kappa shape index (κ1) is 23.7. The number of carbonyl (C=O) groups excluding carboxylic acids is 1. The molecule has 1 rings (SSSR count). The third-order valence-electron chi connectivity index (χ3n) is 4.68. The fourth-order valence-corrected chi connectivity index (χ4v) is 3.05. The van der Waals surface area contributed by atoms with Crippen molar-refractivity contribution in [1.29, 1.82) is 0 Å². The maximum Gasteiger partial charge on any atom is 0.220 e. The van der Waals surface area contributed by atoms with Gasteiger partial charge in [0.15, 0.2) is 5.96 Å². The zero-order valence-electron chi connectivity index (χ0n) is 17.2. The molecule has 0 unspecified atom stereocenters. The van der Waals surface area contributed by atoms with Gasteiger partial charge in [0, 0.05) is 39.3 Å². The molecule has 1 fully saturated rings. The molecule has 1 saturated heterocycles. The molecule has 0 atom stereocenters. The van der Waals surface area contributed by atoms with Crippen LogP contribution in [0, 0.1) is 5.92 Å². The van der Waals surface area contributed by atoms with Crippen molar-refractivity contribution in [3.63, 3.8) is 0 Å². The van der Waals surface area contributed by atoms with Crippen molar-refractivity contribution in [2.45, 2.75) is 39.0 Å². The van der Waals surface area contributed by atoms with E-state index in [0.717, 1.165) is 77.3 Å². The minimum atomic E-state index is -0.143. The predicted octanol–water partition coefficient (Wildman–Crippen LogP) is 0.572. The van der Waals surface area contributed by atoms with Gasteiger partial charge in [0.2, 0.25) is 5.91 Å². The predicted molar refractivity (Wildman–Crippen MR) is 109 cm³/mol. The lowest BCUT2D eigenvalue weighted by Crippen LogP contribution is -2.39. The van der Waals surface area contributed by atoms with Gasteiger partial charge < -0.3 is 30.7 Å². The zero-order valence-corrected chi connectivity index (χ0v) is 17.2. The van der Waals surface area contributed by atoms with Gasteiger partial charge in [0.1, 0.15) is 0 Å². The van der Waals surface area contributed by atoms with Crippen LogP contribution < -0.4 is 16.4 Å². The first-order chi connectivity index (χ1) is 13.2. The third-order valence-corrected chi connectivity index (χ3v) is 4.68. The molecular weight excluding hydrogens is 346 g/mol. The number of methoxy groups -OCH3 is 1. The first-order valence-corrected chi connectivity index (χ1v) is 10.3. The summed E-state index contributed by atoms with van der Waals surface area (Å²) in [5.41, 5.74) is 5.38. The highest BCUT2D eigenvalue weighted by atomic mass is 16.5. The van der Waals surface area contributed by atoms with E-state index in [-0.39, 0.29) is 11.8 Å². The molecule has 1 aliphatic heterocycles. The maximum atomic E-state index is 11.2. The number of nitrogens with zero attached hydrogens (tertiary/aromatic N) is 2. The molecule has 0 aromatic carbocycles. The molecule has 1 amide bonds. The van der Waals surface area contributed by atoms with Gasteiger partial charge in [-0.3, -0.25) is 9.79 Å². The summed E-state index contributed by atoms with van der Waals surface area (Å²) in [6, 6.07) is 0. The van der Waals surface area contributed by atoms with Gasteiger partial charge in [-0.2, -0.15) is 0 Å². The molecule has 8 nitrogen and oxygen atoms in total. The fourth-order valence-electron chi connectivity index (χ4n) is 3.05. The van der Waals surface area contributed by atoms with Gasteiger partial charge in [0.25, 0.3) is 0 Å². The molecule has 27 heavy (non-hydrogen) atoms. The second kappa shape index (κ2) is 15.7. The average Bonchev–Trinajstić information content (AvgIpc) is 2.67. The molecule has 0 aromatic heterocycles. The largest absolute Gasteiger partial charge is 0.382 e. The number of aliphatic imine (C=N–C) groups is 1. The number of guanidine groups is 1. The van der Waals surface area contributed by atoms with E-state index in [0.29, 0.717) is 19.8 Å². The van der Waals surface area contributed by atoms with Crippen LogP contribution in [0.4, 0.5) is 0 Å². The number of likely N-dealkylation sites (tertiary alicyclic amines) is 1. The Bertz CT molecular complexity index is 412. The summed E-state index contributed by atoms with van der Waals surface area (Å²) in [5, 5.41) is 6.66. The third kappa shape index (κ3) is 11.8. The number of nitrogens with one attached hydrogen (secondary N) is 2. The number of piperidine rings is 1. The summed E-state index contributed by atoms with van der Waals surface area (Å²) in [4.78, 5) is 18.2. The van der Waals surface area contributed by atoms with Crippen molar-refractivity contribution < 1.29 is 14.3 Å². The molecule has 0 saturated carbocycles. The number of primary amides is 1. The lowest BCUT2D eigenvalue weighted by Gasteiger charge is -2.30. The van der Waals surface area contributed by atoms with Gasteiger partial charge in [-0.05, 0) is 58.7 Å². The molecule has 158 valence electrons. The zero-order chi connectivity index (χ0) is 19.7. The molecule has 8 heteroatoms. The van der Waals surface area contributed by atoms with Crippen LogP contribution in [-0.2, 0) is 14.3 Å². The number of carbonyl (C=O) groups is 1. The Kier molecular flexibility index (Phi) is 13.7. The molecule has 0 radical (unpaired) electrons. The number of unbranched alkanes of at least 4 members (excludes halogenated alkanes) is 1. The lowest BCUT2D eigenvalue weighted by molar-refractivity contribution is -0.123. The Hall–Kier alpha value is -1.38. The number of ether oxygens (including phenoxy) is 2. The van der Waals surface area contributed by atoms with Crippen molar-refractivity contribution in [2.24, 2.45) is 16.6 Å². The molecule has 1 aliphatic rings. The molecule has 1 heterocycles. The van der Waals surface area contributed by atoms with E-state index >= 15 is 0 Å². The second-order valence-corrected chi connectivity index (χ2v) is 6.87. The van der Waals surface area contributed by atoms with Crippen molar-refractivity contribution in [2.75, 3.05) is 66.2 Å². The highest BCUT2D eigenvalue weighted by Crippen LogP contribution is 2.16. The van der Waals surface area contributed by atoms with Crippen molar-refractivity contribution in [3.8, 4) is 0 Å². The van der Waals surface area contributed by atoms with E-state index in [4.69, 9.17) is 15.2 Å². The summed E-state index contributed by atoms with van der Waals surface area (Å²) in [5.74, 6) is 0.805. The van der Waals surface area contributed by atoms with Crippen LogP contribution in [0.5, 0.6) is 0 Å². The minimum Gasteiger partial charge on any atom is -0.382 e. The average molecular weight is 386 g/mol. The molecule has 0 spiro atoms. The van der Waals surface area contributed by atoms with E-state index < -0.39 is 0 Å². The Morgan fingerprint density at radius 3 is 2.59 bits per heavy atom. The summed E-state index contributed by atoms with van der Waals surface area (Å²) in [7, 11) is 1.67. The van der Waals surface area contributed by atoms with Crippen molar-refractivity contribution in [1.82, 2.24) is 15.5 Å². The summed E-state index contributed by atoms with van der Waals surface area (Å²) >= 11 is 0. The number of hydrogen-bond donors (Lipinski definition) is 3. The summed E-state index contributed by atoms with van der Waals surface area (Å²) < 4.78 is 10.4. The summed E-state index contributed by atoms with van der Waals surface area (Å²) in [6.45, 7) is 9.61. The van der Waals surface area contributed by atoms with Crippen LogP contribution in [0.2, 0.25) is 0 Å². The standard InChI is InChI=1S/C19H39N5O3/c1-3-21-19(23-10-6-14-27-16-15-26-2)22-9-4-5-11-24-12-7-17(8-13-24)18(20)25/h17H,3-16H2,1-2H3,(H2,20,25)(H2,21,22,23). The van der Waals surface area contributed by atoms with E-state index in [9.17, 15) is 4.79 Å². The van der Waals surface area contributed by atoms with Crippen LogP contribution in [0.3, 0.4) is 0 Å². The Balaban J connectivity index is 2.07. The molecule has 4 N–H and O–H groups in total. The highest BCUT2D eigenvalue weighted by molar-refractivity contribution is 5.79. The van der Waals surface area contributed by atoms with Crippen LogP contribution in [-0.4, -0.2) is 83.0 Å². The Morgan fingerprint density at radius 1 is 1.15 bits per heavy atom. The second-order valence-electron chi connectivity index (χ2n) is 6.87. The normalized spacial score (nSPS) is 16.4. The number of nitrogens with two attached hydrogens (primary N) is 1. The monoisotopic (exact) mass is 385 g/mol. The summed E-state index contributed by atoms with van der Waals surface area (Å²) in [6.07, 6.45) is 4.95. The molecule has 0 aliphatic carbocycles. The maximum absolute atomic E-state index is 11.2. The highest BCUT2D eigenvalue weighted by Gasteiger charge is 2.22. The van der Waals surface area contributed by atoms with E-state index in [1.54, 1.807) is 7.11 Å². The van der Waals surface area contributed by atoms with E-state index in [1.807, 2.05) is 0 Å². The fraction of sp³-hybridized carbons (Fsp3) is 0.895. The van der Waals surface area contributed by atoms with Gasteiger partial charge in [-0.25, -0.2) is 0 Å². The molecule has 0 bridgehead atoms. The molecule has 0 aromatic rings. The van der Waals surface area contributed by atoms with Gasteiger partial charge >= 0.3 is 0 Å². The van der Waals surface area contributed by atoms with Gasteiger partial charge in [-0.1, -0.05) is 0 Å². The number of hydrogen-bond acceptors (Lipinski definition) is 5. The minimum absolute atomic E-state index is 0.0761. The molecular formula is C19H39N5O3. The van der Waals surface area contributed by atoms with Crippen LogP contribution in [0.1, 0.15) is 39.0 Å². The van der Waals surface area contributed by atoms with Crippen LogP contribution >= 0.6 is 0 Å². The SMILES string of the molecule is CCNC(=NCCCOCCOC)NCCCCN1CCC(C(N)=O)CC1. The van der Waals surface area contributed by atoms with Crippen molar-refractivity contribution in [3.05, 3.63) is 0 Å². The van der Waals surface area contributed by atoms with E-state index in [1.165, 1.54) is 0 Å². The van der Waals surface area contributed by atoms with Crippen molar-refractivity contribution >= 4 is 11.9 Å². The topological polar surface area (TPSA) is 101 Å². The van der Waals surface area contributed by atoms with E-state index in [2.05, 4.69) is 27.4 Å². The smallest absolute Gasteiger partial charge is 0.220 e. The quantitative estimate of drug-likeness (QED) is 0.230. The van der Waals surface area contributed by atoms with Gasteiger partial charge in [0.05, 0.1) is 13.2 Å². The van der Waals surface area contributed by atoms with Crippen LogP contribution in [0.25, 0.3) is 0 Å². The van der Waals surface area contributed by atoms with Gasteiger partial charge in [-0.15, -0.1) is 0 Å². The number of amides is 1. The number of rotatable bonds is 14. The van der Waals surface area contributed by atoms with Crippen LogP contribution in [0.15, 0.2) is 4.99 Å². The Morgan fingerprint density at radius 2 is 1.93 bits per heavy atom. The first-order valence-electron chi connectivity index (χ1n) is 10.3. The Labute approximate surface area is 164 Å².